The maximum absolute atomic E-state index is 12.9. The van der Waals surface area contributed by atoms with Crippen LogP contribution in [0.5, 0.6) is 0 Å². The number of anilines is 1. The second-order valence-electron chi connectivity index (χ2n) is 5.77. The molecule has 0 aliphatic carbocycles. The predicted octanol–water partition coefficient (Wildman–Crippen LogP) is 2.22. The van der Waals surface area contributed by atoms with Gasteiger partial charge in [0, 0.05) is 19.2 Å². The van der Waals surface area contributed by atoms with Gasteiger partial charge in [0.05, 0.1) is 11.3 Å². The summed E-state index contributed by atoms with van der Waals surface area (Å²) < 4.78 is 28.3. The number of hydrogen-bond donors (Lipinski definition) is 4. The van der Waals surface area contributed by atoms with Gasteiger partial charge >= 0.3 is 5.97 Å². The highest BCUT2D eigenvalue weighted by molar-refractivity contribution is 7.89. The average Bonchev–Trinajstić information content (AvgIpc) is 2.62. The average molecular weight is 378 g/mol. The molecule has 0 saturated heterocycles. The topological polar surface area (TPSA) is 116 Å². The summed E-state index contributed by atoms with van der Waals surface area (Å²) >= 11 is 0. The highest BCUT2D eigenvalue weighted by Crippen LogP contribution is 2.25. The number of aliphatic hydroxyl groups excluding tert-OH is 1. The van der Waals surface area contributed by atoms with E-state index in [2.05, 4.69) is 10.0 Å². The molecular weight excluding hydrogens is 356 g/mol. The smallest absolute Gasteiger partial charge is 0.335 e. The highest BCUT2D eigenvalue weighted by Gasteiger charge is 2.23. The van der Waals surface area contributed by atoms with Gasteiger partial charge < -0.3 is 15.5 Å². The summed E-state index contributed by atoms with van der Waals surface area (Å²) in [6.45, 7) is 2.04. The van der Waals surface area contributed by atoms with Crippen LogP contribution in [0.3, 0.4) is 0 Å². The molecule has 8 heteroatoms. The van der Waals surface area contributed by atoms with Crippen molar-refractivity contribution in [3.05, 3.63) is 59.7 Å². The van der Waals surface area contributed by atoms with E-state index >= 15 is 0 Å². The van der Waals surface area contributed by atoms with Gasteiger partial charge in [-0.25, -0.2) is 17.9 Å². The second kappa shape index (κ2) is 8.79. The van der Waals surface area contributed by atoms with Crippen molar-refractivity contribution in [3.63, 3.8) is 0 Å². The number of aliphatic hydroxyl groups is 1. The van der Waals surface area contributed by atoms with Crippen LogP contribution < -0.4 is 10.0 Å². The second-order valence-corrected chi connectivity index (χ2v) is 7.46. The van der Waals surface area contributed by atoms with Crippen LogP contribution >= 0.6 is 0 Å². The van der Waals surface area contributed by atoms with Crippen molar-refractivity contribution in [3.8, 4) is 0 Å². The van der Waals surface area contributed by atoms with Crippen molar-refractivity contribution >= 4 is 21.7 Å². The molecule has 0 aliphatic heterocycles. The Bertz CT molecular complexity index is 853. The first kappa shape index (κ1) is 19.9. The molecule has 0 aliphatic rings. The lowest BCUT2D eigenvalue weighted by molar-refractivity contribution is 0.0696. The Morgan fingerprint density at radius 2 is 1.85 bits per heavy atom. The summed E-state index contributed by atoms with van der Waals surface area (Å²) in [6, 6.07) is 12.5. The summed E-state index contributed by atoms with van der Waals surface area (Å²) in [5.41, 5.74) is 0.960. The molecular formula is C18H22N2O5S. The summed E-state index contributed by atoms with van der Waals surface area (Å²) in [4.78, 5) is 11.1. The van der Waals surface area contributed by atoms with Crippen LogP contribution in [0.1, 0.15) is 35.3 Å². The number of sulfonamides is 1. The van der Waals surface area contributed by atoms with E-state index in [-0.39, 0.29) is 22.8 Å². The lowest BCUT2D eigenvalue weighted by Crippen LogP contribution is -2.28. The molecule has 0 amide bonds. The van der Waals surface area contributed by atoms with E-state index < -0.39 is 22.0 Å². The Morgan fingerprint density at radius 1 is 1.15 bits per heavy atom. The third kappa shape index (κ3) is 5.04. The largest absolute Gasteiger partial charge is 0.478 e. The van der Waals surface area contributed by atoms with E-state index in [4.69, 9.17) is 5.11 Å². The van der Waals surface area contributed by atoms with Crippen molar-refractivity contribution in [2.24, 2.45) is 0 Å². The first-order valence-corrected chi connectivity index (χ1v) is 9.63. The quantitative estimate of drug-likeness (QED) is 0.497. The summed E-state index contributed by atoms with van der Waals surface area (Å²) in [6.07, 6.45) is 0.439. The van der Waals surface area contributed by atoms with E-state index in [0.717, 1.165) is 11.6 Å². The van der Waals surface area contributed by atoms with E-state index in [0.29, 0.717) is 13.0 Å². The Hall–Kier alpha value is -2.42. The van der Waals surface area contributed by atoms with Crippen molar-refractivity contribution in [2.75, 3.05) is 18.5 Å². The number of rotatable bonds is 9. The maximum Gasteiger partial charge on any atom is 0.335 e. The first-order chi connectivity index (χ1) is 12.3. The minimum absolute atomic E-state index is 0.0361. The van der Waals surface area contributed by atoms with Crippen LogP contribution in [-0.4, -0.2) is 37.8 Å². The Labute approximate surface area is 152 Å². The fraction of sp³-hybridized carbons (Fsp3) is 0.278. The third-order valence-corrected chi connectivity index (χ3v) is 5.38. The molecule has 0 radical (unpaired) electrons. The van der Waals surface area contributed by atoms with Crippen molar-refractivity contribution < 1.29 is 23.4 Å². The fourth-order valence-corrected chi connectivity index (χ4v) is 3.87. The lowest BCUT2D eigenvalue weighted by atomic mass is 10.1. The first-order valence-electron chi connectivity index (χ1n) is 8.14. The molecule has 0 saturated carbocycles. The Balaban J connectivity index is 2.35. The molecule has 2 aromatic rings. The zero-order valence-electron chi connectivity index (χ0n) is 14.3. The molecule has 0 bridgehead atoms. The summed E-state index contributed by atoms with van der Waals surface area (Å²) in [5.74, 6) is -1.21. The number of hydrogen-bond acceptors (Lipinski definition) is 5. The van der Waals surface area contributed by atoms with Crippen LogP contribution in [0.15, 0.2) is 53.4 Å². The lowest BCUT2D eigenvalue weighted by Gasteiger charge is -2.18. The van der Waals surface area contributed by atoms with Gasteiger partial charge in [-0.2, -0.15) is 0 Å². The van der Waals surface area contributed by atoms with Crippen molar-refractivity contribution in [2.45, 2.75) is 24.3 Å². The molecule has 140 valence electrons. The van der Waals surface area contributed by atoms with Crippen LogP contribution in [0.4, 0.5) is 5.69 Å². The zero-order chi connectivity index (χ0) is 19.2. The zero-order valence-corrected chi connectivity index (χ0v) is 15.2. The molecule has 1 atom stereocenters. The molecule has 2 aromatic carbocycles. The Morgan fingerprint density at radius 3 is 2.46 bits per heavy atom. The molecule has 0 heterocycles. The van der Waals surface area contributed by atoms with Crippen LogP contribution in [0.25, 0.3) is 0 Å². The predicted molar refractivity (Wildman–Crippen MR) is 98.8 cm³/mol. The number of carboxylic acid groups (broad SMARTS) is 1. The fourth-order valence-electron chi connectivity index (χ4n) is 2.43. The van der Waals surface area contributed by atoms with Gasteiger partial charge in [0.2, 0.25) is 10.0 Å². The van der Waals surface area contributed by atoms with Gasteiger partial charge in [0.1, 0.15) is 4.90 Å². The van der Waals surface area contributed by atoms with Crippen LogP contribution in [0.2, 0.25) is 0 Å². The number of carbonyl (C=O) groups is 1. The molecule has 7 nitrogen and oxygen atoms in total. The Kier molecular flexibility index (Phi) is 6.73. The third-order valence-electron chi connectivity index (χ3n) is 3.80. The molecule has 1 unspecified atom stereocenters. The van der Waals surface area contributed by atoms with Crippen LogP contribution in [0, 0.1) is 0 Å². The molecule has 26 heavy (non-hydrogen) atoms. The molecule has 0 fully saturated rings. The minimum Gasteiger partial charge on any atom is -0.478 e. The van der Waals surface area contributed by atoms with Crippen molar-refractivity contribution in [1.82, 2.24) is 4.72 Å². The standard InChI is InChI=1S/C18H22N2O5S/c1-13(14-6-3-2-4-7-14)20-26(24,25)17-12-15(18(22)23)8-9-16(17)19-10-5-11-21/h2-4,6-9,12-13,19-21H,5,10-11H2,1H3,(H,22,23). The number of aromatic carboxylic acids is 1. The van der Waals surface area contributed by atoms with E-state index in [1.807, 2.05) is 18.2 Å². The minimum atomic E-state index is -3.97. The maximum atomic E-state index is 12.9. The molecule has 4 N–H and O–H groups in total. The highest BCUT2D eigenvalue weighted by atomic mass is 32.2. The number of nitrogens with one attached hydrogen (secondary N) is 2. The van der Waals surface area contributed by atoms with E-state index in [1.165, 1.54) is 12.1 Å². The SMILES string of the molecule is CC(NS(=O)(=O)c1cc(C(=O)O)ccc1NCCCO)c1ccccc1. The number of benzene rings is 2. The monoisotopic (exact) mass is 378 g/mol. The molecule has 0 spiro atoms. The van der Waals surface area contributed by atoms with Gasteiger partial charge in [-0.1, -0.05) is 30.3 Å². The van der Waals surface area contributed by atoms with E-state index in [9.17, 15) is 18.3 Å². The normalized spacial score (nSPS) is 12.5. The summed E-state index contributed by atoms with van der Waals surface area (Å²) in [7, 11) is -3.97. The van der Waals surface area contributed by atoms with Crippen molar-refractivity contribution in [1.29, 1.82) is 0 Å². The van der Waals surface area contributed by atoms with Crippen LogP contribution in [-0.2, 0) is 10.0 Å². The summed E-state index contributed by atoms with van der Waals surface area (Å²) in [5, 5.41) is 21.0. The van der Waals surface area contributed by atoms with Gasteiger partial charge in [-0.15, -0.1) is 0 Å². The van der Waals surface area contributed by atoms with Gasteiger partial charge in [-0.05, 0) is 37.1 Å². The van der Waals surface area contributed by atoms with Gasteiger partial charge in [-0.3, -0.25) is 0 Å². The van der Waals surface area contributed by atoms with E-state index in [1.54, 1.807) is 19.1 Å². The molecule has 0 aromatic heterocycles. The van der Waals surface area contributed by atoms with Gasteiger partial charge in [0.15, 0.2) is 0 Å². The molecule has 2 rings (SSSR count). The van der Waals surface area contributed by atoms with Gasteiger partial charge in [0.25, 0.3) is 0 Å². The number of carboxylic acids is 1.